The normalized spacial score (nSPS) is 18.5. The number of nitrogens with one attached hydrogen (secondary N) is 1. The summed E-state index contributed by atoms with van der Waals surface area (Å²) in [6.07, 6.45) is 0. The number of amides is 2. The predicted octanol–water partition coefficient (Wildman–Crippen LogP) is 4.27. The summed E-state index contributed by atoms with van der Waals surface area (Å²) >= 11 is 6.54. The average Bonchev–Trinajstić information content (AvgIpc) is 3.14. The molecule has 2 aromatic carbocycles. The zero-order valence-electron chi connectivity index (χ0n) is 21.1. The van der Waals surface area contributed by atoms with Crippen LogP contribution in [0.4, 0.5) is 4.39 Å². The summed E-state index contributed by atoms with van der Waals surface area (Å²) in [6, 6.07) is 9.68. The molecule has 7 nitrogen and oxygen atoms in total. The summed E-state index contributed by atoms with van der Waals surface area (Å²) in [6.45, 7) is 7.56. The number of piperazine rings is 1. The first-order valence-electron chi connectivity index (χ1n) is 11.8. The molecule has 0 spiro atoms. The number of ketones is 1. The number of Topliss-reactive ketones (excluding diaryl/α,β-unsaturated/α-hetero) is 1. The van der Waals surface area contributed by atoms with Crippen molar-refractivity contribution in [2.75, 3.05) is 27.2 Å². The summed E-state index contributed by atoms with van der Waals surface area (Å²) in [4.78, 5) is 47.3. The summed E-state index contributed by atoms with van der Waals surface area (Å²) in [5.74, 6) is -1.76. The van der Waals surface area contributed by atoms with E-state index in [9.17, 15) is 18.8 Å². The second-order valence-electron chi connectivity index (χ2n) is 9.74. The van der Waals surface area contributed by atoms with Gasteiger partial charge in [0.05, 0.1) is 16.1 Å². The number of aromatic nitrogens is 1. The van der Waals surface area contributed by atoms with Crippen LogP contribution in [0.3, 0.4) is 0 Å². The number of fused-ring (bicyclic) bond motifs is 1. The van der Waals surface area contributed by atoms with Gasteiger partial charge in [-0.05, 0) is 50.6 Å². The highest BCUT2D eigenvalue weighted by Crippen LogP contribution is 2.31. The molecule has 0 radical (unpaired) electrons. The Balaban J connectivity index is 1.60. The molecule has 1 N–H and O–H groups in total. The summed E-state index contributed by atoms with van der Waals surface area (Å²) in [7, 11) is 3.04. The molecule has 1 aliphatic heterocycles. The lowest BCUT2D eigenvalue weighted by molar-refractivity contribution is -0.124. The van der Waals surface area contributed by atoms with Crippen LogP contribution in [0, 0.1) is 12.7 Å². The van der Waals surface area contributed by atoms with Crippen molar-refractivity contribution in [3.05, 3.63) is 69.6 Å². The van der Waals surface area contributed by atoms with Crippen molar-refractivity contribution >= 4 is 40.1 Å². The number of benzene rings is 2. The number of H-pyrrole nitrogens is 1. The van der Waals surface area contributed by atoms with Crippen LogP contribution in [-0.2, 0) is 11.3 Å². The quantitative estimate of drug-likeness (QED) is 0.409. The minimum absolute atomic E-state index is 0.0714. The van der Waals surface area contributed by atoms with Crippen LogP contribution in [0.1, 0.15) is 45.8 Å². The third kappa shape index (κ3) is 4.88. The van der Waals surface area contributed by atoms with Crippen molar-refractivity contribution in [2.45, 2.75) is 39.4 Å². The Morgan fingerprint density at radius 1 is 1.08 bits per heavy atom. The van der Waals surface area contributed by atoms with Crippen molar-refractivity contribution in [3.63, 3.8) is 0 Å². The van der Waals surface area contributed by atoms with Gasteiger partial charge in [-0.25, -0.2) is 4.39 Å². The van der Waals surface area contributed by atoms with Crippen LogP contribution in [-0.4, -0.2) is 76.5 Å². The Labute approximate surface area is 214 Å². The zero-order chi connectivity index (χ0) is 26.3. The topological polar surface area (TPSA) is 76.7 Å². The lowest BCUT2D eigenvalue weighted by atomic mass is 10.0. The van der Waals surface area contributed by atoms with Gasteiger partial charge in [0.1, 0.15) is 5.82 Å². The third-order valence-electron chi connectivity index (χ3n) is 6.81. The Morgan fingerprint density at radius 2 is 1.75 bits per heavy atom. The third-order valence-corrected chi connectivity index (χ3v) is 7.12. The number of likely N-dealkylation sites (N-methyl/N-ethyl adjacent to an activating group) is 1. The van der Waals surface area contributed by atoms with E-state index in [4.69, 9.17) is 11.6 Å². The molecule has 2 heterocycles. The summed E-state index contributed by atoms with van der Waals surface area (Å²) < 4.78 is 13.3. The fourth-order valence-electron chi connectivity index (χ4n) is 4.80. The largest absolute Gasteiger partial charge is 0.358 e. The van der Waals surface area contributed by atoms with Crippen LogP contribution in [0.25, 0.3) is 10.9 Å². The second-order valence-corrected chi connectivity index (χ2v) is 10.2. The monoisotopic (exact) mass is 512 g/mol. The van der Waals surface area contributed by atoms with Gasteiger partial charge >= 0.3 is 0 Å². The smallest absolute Gasteiger partial charge is 0.294 e. The number of aryl methyl sites for hydroxylation is 1. The van der Waals surface area contributed by atoms with Crippen LogP contribution in [0.15, 0.2) is 36.4 Å². The fourth-order valence-corrected chi connectivity index (χ4v) is 5.04. The number of carbonyl (C=O) groups is 3. The second kappa shape index (κ2) is 10.0. The summed E-state index contributed by atoms with van der Waals surface area (Å²) in [5, 5.41) is 0.774. The van der Waals surface area contributed by atoms with Gasteiger partial charge in [0.15, 0.2) is 0 Å². The highest BCUT2D eigenvalue weighted by molar-refractivity contribution is 6.45. The molecule has 3 aromatic rings. The molecular formula is C27H30ClFN4O3. The fraction of sp³-hybridized carbons (Fsp3) is 0.370. The van der Waals surface area contributed by atoms with E-state index in [0.717, 1.165) is 5.56 Å². The van der Waals surface area contributed by atoms with Crippen molar-refractivity contribution < 1.29 is 18.8 Å². The van der Waals surface area contributed by atoms with Gasteiger partial charge in [0, 0.05) is 62.4 Å². The van der Waals surface area contributed by atoms with Gasteiger partial charge in [0.25, 0.3) is 17.6 Å². The molecule has 36 heavy (non-hydrogen) atoms. The number of carbonyl (C=O) groups excluding carboxylic acids is 3. The predicted molar refractivity (Wildman–Crippen MR) is 138 cm³/mol. The van der Waals surface area contributed by atoms with E-state index >= 15 is 0 Å². The maximum atomic E-state index is 13.7. The standard InChI is InChI=1S/C27H30ClFN4O3/c1-15-13-33(16(2)12-32(15)14-18-6-8-19(29)9-7-18)26(35)20-10-21-23(11-22(20)28)30-17(3)24(21)25(34)27(36)31(4)5/h6-11,15-16,30H,12-14H2,1-5H3. The minimum Gasteiger partial charge on any atom is -0.358 e. The van der Waals surface area contributed by atoms with Gasteiger partial charge in [-0.2, -0.15) is 0 Å². The molecule has 1 aliphatic rings. The molecular weight excluding hydrogens is 483 g/mol. The molecule has 0 bridgehead atoms. The first-order valence-corrected chi connectivity index (χ1v) is 12.2. The van der Waals surface area contributed by atoms with Crippen LogP contribution >= 0.6 is 11.6 Å². The average molecular weight is 513 g/mol. The van der Waals surface area contributed by atoms with E-state index in [1.54, 1.807) is 36.1 Å². The number of hydrogen-bond donors (Lipinski definition) is 1. The van der Waals surface area contributed by atoms with Gasteiger partial charge in [-0.1, -0.05) is 23.7 Å². The SMILES string of the molecule is Cc1[nH]c2cc(Cl)c(C(=O)N3CC(C)N(Cc4ccc(F)cc4)CC3C)cc2c1C(=O)C(=O)N(C)C. The first kappa shape index (κ1) is 25.9. The highest BCUT2D eigenvalue weighted by Gasteiger charge is 2.34. The van der Waals surface area contributed by atoms with Gasteiger partial charge in [-0.15, -0.1) is 0 Å². The Hall–Kier alpha value is -3.23. The molecule has 2 atom stereocenters. The van der Waals surface area contributed by atoms with Crippen LogP contribution in [0.2, 0.25) is 5.02 Å². The van der Waals surface area contributed by atoms with E-state index in [-0.39, 0.29) is 34.4 Å². The molecule has 1 aromatic heterocycles. The van der Waals surface area contributed by atoms with Gasteiger partial charge in [-0.3, -0.25) is 19.3 Å². The Morgan fingerprint density at radius 3 is 2.39 bits per heavy atom. The Kier molecular flexibility index (Phi) is 7.20. The number of rotatable bonds is 5. The molecule has 1 fully saturated rings. The van der Waals surface area contributed by atoms with Crippen molar-refractivity contribution in [1.82, 2.24) is 19.7 Å². The van der Waals surface area contributed by atoms with Gasteiger partial charge < -0.3 is 14.8 Å². The number of hydrogen-bond acceptors (Lipinski definition) is 4. The van der Waals surface area contributed by atoms with E-state index < -0.39 is 11.7 Å². The first-order chi connectivity index (χ1) is 17.0. The lowest BCUT2D eigenvalue weighted by Crippen LogP contribution is -2.57. The number of aromatic amines is 1. The van der Waals surface area contributed by atoms with E-state index in [2.05, 4.69) is 16.8 Å². The molecule has 1 saturated heterocycles. The van der Waals surface area contributed by atoms with E-state index in [1.165, 1.54) is 31.1 Å². The molecule has 9 heteroatoms. The molecule has 0 aliphatic carbocycles. The van der Waals surface area contributed by atoms with Gasteiger partial charge in [0.2, 0.25) is 0 Å². The van der Waals surface area contributed by atoms with Crippen molar-refractivity contribution in [3.8, 4) is 0 Å². The minimum atomic E-state index is -0.638. The number of nitrogens with zero attached hydrogens (tertiary/aromatic N) is 3. The maximum Gasteiger partial charge on any atom is 0.294 e. The molecule has 2 unspecified atom stereocenters. The maximum absolute atomic E-state index is 13.7. The summed E-state index contributed by atoms with van der Waals surface area (Å²) in [5.41, 5.74) is 2.69. The molecule has 0 saturated carbocycles. The molecule has 4 rings (SSSR count). The highest BCUT2D eigenvalue weighted by atomic mass is 35.5. The molecule has 2 amide bonds. The van der Waals surface area contributed by atoms with Crippen LogP contribution < -0.4 is 0 Å². The number of halogens is 2. The molecule has 190 valence electrons. The van der Waals surface area contributed by atoms with Crippen molar-refractivity contribution in [2.24, 2.45) is 0 Å². The van der Waals surface area contributed by atoms with Crippen molar-refractivity contribution in [1.29, 1.82) is 0 Å². The Bertz CT molecular complexity index is 1340. The lowest BCUT2D eigenvalue weighted by Gasteiger charge is -2.44. The van der Waals surface area contributed by atoms with E-state index in [0.29, 0.717) is 41.8 Å². The van der Waals surface area contributed by atoms with Crippen LogP contribution in [0.5, 0.6) is 0 Å². The van der Waals surface area contributed by atoms with E-state index in [1.807, 2.05) is 6.92 Å². The zero-order valence-corrected chi connectivity index (χ0v) is 21.8.